The molecule has 0 saturated heterocycles. The van der Waals surface area contributed by atoms with Crippen molar-refractivity contribution in [1.29, 1.82) is 0 Å². The number of benzene rings is 1. The van der Waals surface area contributed by atoms with E-state index < -0.39 is 5.97 Å². The molecule has 1 aromatic carbocycles. The summed E-state index contributed by atoms with van der Waals surface area (Å²) in [5.74, 6) is 0.410. The maximum Gasteiger partial charge on any atom is 0.303 e. The average molecular weight is 249 g/mol. The Hall–Kier alpha value is -1.71. The van der Waals surface area contributed by atoms with Crippen molar-refractivity contribution in [3.63, 3.8) is 0 Å². The molecule has 0 amide bonds. The lowest BCUT2D eigenvalue weighted by molar-refractivity contribution is -0.137. The minimum Gasteiger partial charge on any atom is -0.497 e. The molecule has 1 unspecified atom stereocenters. The molecule has 1 aromatic rings. The molecule has 0 bridgehead atoms. The van der Waals surface area contributed by atoms with E-state index >= 15 is 0 Å². The Kier molecular flexibility index (Phi) is 3.75. The number of carbonyl (C=O) groups is 1. The van der Waals surface area contributed by atoms with Gasteiger partial charge in [0.05, 0.1) is 7.11 Å². The molecule has 4 nitrogen and oxygen atoms in total. The van der Waals surface area contributed by atoms with E-state index in [1.54, 1.807) is 7.11 Å². The standard InChI is InChI=1S/C14H19NO3/c1-3-15-9-10(4-7-14(16)17)12-8-11(18-2)5-6-13(12)15/h5-6,8,10H,3-4,7,9H2,1-2H3,(H,16,17). The Bertz CT molecular complexity index is 445. The number of carboxylic acid groups (broad SMARTS) is 1. The largest absolute Gasteiger partial charge is 0.497 e. The second-order valence-electron chi connectivity index (χ2n) is 4.59. The Labute approximate surface area is 107 Å². The third kappa shape index (κ3) is 2.42. The van der Waals surface area contributed by atoms with Crippen molar-refractivity contribution in [2.24, 2.45) is 0 Å². The molecule has 0 spiro atoms. The Morgan fingerprint density at radius 2 is 2.33 bits per heavy atom. The van der Waals surface area contributed by atoms with Crippen LogP contribution < -0.4 is 9.64 Å². The molecule has 18 heavy (non-hydrogen) atoms. The monoisotopic (exact) mass is 249 g/mol. The summed E-state index contributed by atoms with van der Waals surface area (Å²) in [5, 5.41) is 8.81. The van der Waals surface area contributed by atoms with E-state index in [1.165, 1.54) is 11.3 Å². The first kappa shape index (κ1) is 12.7. The van der Waals surface area contributed by atoms with Crippen LogP contribution in [-0.2, 0) is 4.79 Å². The maximum absolute atomic E-state index is 10.7. The van der Waals surface area contributed by atoms with E-state index in [-0.39, 0.29) is 6.42 Å². The molecular weight excluding hydrogens is 230 g/mol. The lowest BCUT2D eigenvalue weighted by atomic mass is 9.96. The first-order chi connectivity index (χ1) is 8.65. The van der Waals surface area contributed by atoms with E-state index in [9.17, 15) is 4.79 Å². The predicted molar refractivity (Wildman–Crippen MR) is 70.5 cm³/mol. The van der Waals surface area contributed by atoms with Crippen molar-refractivity contribution in [2.45, 2.75) is 25.7 Å². The van der Waals surface area contributed by atoms with Crippen LogP contribution in [0.1, 0.15) is 31.2 Å². The van der Waals surface area contributed by atoms with Crippen molar-refractivity contribution >= 4 is 11.7 Å². The van der Waals surface area contributed by atoms with Gasteiger partial charge >= 0.3 is 5.97 Å². The lowest BCUT2D eigenvalue weighted by Crippen LogP contribution is -2.21. The molecule has 1 heterocycles. The van der Waals surface area contributed by atoms with Gasteiger partial charge in [-0.2, -0.15) is 0 Å². The summed E-state index contributed by atoms with van der Waals surface area (Å²) in [6, 6.07) is 6.07. The van der Waals surface area contributed by atoms with Gasteiger partial charge in [0.1, 0.15) is 5.75 Å². The van der Waals surface area contributed by atoms with E-state index in [4.69, 9.17) is 9.84 Å². The van der Waals surface area contributed by atoms with Crippen LogP contribution in [0.3, 0.4) is 0 Å². The summed E-state index contributed by atoms with van der Waals surface area (Å²) < 4.78 is 5.25. The van der Waals surface area contributed by atoms with Crippen LogP contribution >= 0.6 is 0 Å². The SMILES string of the molecule is CCN1CC(CCC(=O)O)c2cc(OC)ccc21. The molecule has 4 heteroatoms. The summed E-state index contributed by atoms with van der Waals surface area (Å²) >= 11 is 0. The quantitative estimate of drug-likeness (QED) is 0.871. The molecule has 0 aliphatic carbocycles. The maximum atomic E-state index is 10.7. The molecule has 1 atom stereocenters. The number of fused-ring (bicyclic) bond motifs is 1. The van der Waals surface area contributed by atoms with Crippen LogP contribution in [0.25, 0.3) is 0 Å². The van der Waals surface area contributed by atoms with E-state index in [0.29, 0.717) is 12.3 Å². The van der Waals surface area contributed by atoms with Gasteiger partial charge in [-0.3, -0.25) is 4.79 Å². The number of methoxy groups -OCH3 is 1. The van der Waals surface area contributed by atoms with Crippen molar-refractivity contribution in [2.75, 3.05) is 25.1 Å². The van der Waals surface area contributed by atoms with Gasteiger partial charge in [0.25, 0.3) is 0 Å². The number of rotatable bonds is 5. The molecule has 0 aromatic heterocycles. The molecular formula is C14H19NO3. The normalized spacial score (nSPS) is 17.7. The van der Waals surface area contributed by atoms with Gasteiger partial charge in [-0.05, 0) is 37.1 Å². The summed E-state index contributed by atoms with van der Waals surface area (Å²) in [6.45, 7) is 3.97. The number of hydrogen-bond donors (Lipinski definition) is 1. The molecule has 1 aliphatic heterocycles. The second-order valence-corrected chi connectivity index (χ2v) is 4.59. The highest BCUT2D eigenvalue weighted by Crippen LogP contribution is 2.40. The number of carboxylic acids is 1. The van der Waals surface area contributed by atoms with Crippen LogP contribution in [0.2, 0.25) is 0 Å². The van der Waals surface area contributed by atoms with Gasteiger partial charge in [0.2, 0.25) is 0 Å². The Morgan fingerprint density at radius 3 is 2.94 bits per heavy atom. The molecule has 0 saturated carbocycles. The second kappa shape index (κ2) is 5.29. The third-order valence-electron chi connectivity index (χ3n) is 3.54. The van der Waals surface area contributed by atoms with Gasteiger partial charge < -0.3 is 14.7 Å². The van der Waals surface area contributed by atoms with Crippen LogP contribution in [0.5, 0.6) is 5.75 Å². The van der Waals surface area contributed by atoms with E-state index in [1.807, 2.05) is 12.1 Å². The van der Waals surface area contributed by atoms with Crippen LogP contribution in [0.4, 0.5) is 5.69 Å². The minimum absolute atomic E-state index is 0.221. The van der Waals surface area contributed by atoms with Gasteiger partial charge in [-0.25, -0.2) is 0 Å². The van der Waals surface area contributed by atoms with Crippen LogP contribution in [-0.4, -0.2) is 31.3 Å². The highest BCUT2D eigenvalue weighted by Gasteiger charge is 2.28. The fourth-order valence-corrected chi connectivity index (χ4v) is 2.58. The lowest BCUT2D eigenvalue weighted by Gasteiger charge is -2.17. The predicted octanol–water partition coefficient (Wildman–Crippen LogP) is 2.48. The smallest absolute Gasteiger partial charge is 0.303 e. The minimum atomic E-state index is -0.727. The molecule has 0 radical (unpaired) electrons. The van der Waals surface area contributed by atoms with Gasteiger partial charge in [-0.15, -0.1) is 0 Å². The topological polar surface area (TPSA) is 49.8 Å². The van der Waals surface area contributed by atoms with Gasteiger partial charge in [0, 0.05) is 31.1 Å². The van der Waals surface area contributed by atoms with Crippen LogP contribution in [0.15, 0.2) is 18.2 Å². The number of nitrogens with zero attached hydrogens (tertiary/aromatic N) is 1. The molecule has 1 aliphatic rings. The van der Waals surface area contributed by atoms with Crippen LogP contribution in [0, 0.1) is 0 Å². The first-order valence-corrected chi connectivity index (χ1v) is 6.30. The molecule has 98 valence electrons. The number of anilines is 1. The zero-order valence-electron chi connectivity index (χ0n) is 10.8. The van der Waals surface area contributed by atoms with E-state index in [0.717, 1.165) is 18.8 Å². The highest BCUT2D eigenvalue weighted by molar-refractivity contribution is 5.67. The van der Waals surface area contributed by atoms with Crippen molar-refractivity contribution in [3.8, 4) is 5.75 Å². The first-order valence-electron chi connectivity index (χ1n) is 6.30. The zero-order chi connectivity index (χ0) is 13.1. The molecule has 2 rings (SSSR count). The molecule has 0 fully saturated rings. The van der Waals surface area contributed by atoms with E-state index in [2.05, 4.69) is 17.9 Å². The van der Waals surface area contributed by atoms with Gasteiger partial charge in [0.15, 0.2) is 0 Å². The Balaban J connectivity index is 2.24. The van der Waals surface area contributed by atoms with Crippen molar-refractivity contribution < 1.29 is 14.6 Å². The average Bonchev–Trinajstić information content (AvgIpc) is 2.73. The Morgan fingerprint density at radius 1 is 1.56 bits per heavy atom. The summed E-state index contributed by atoms with van der Waals surface area (Å²) in [6.07, 6.45) is 0.908. The van der Waals surface area contributed by atoms with Gasteiger partial charge in [-0.1, -0.05) is 0 Å². The number of likely N-dealkylation sites (N-methyl/N-ethyl adjacent to an activating group) is 1. The number of ether oxygens (including phenoxy) is 1. The summed E-state index contributed by atoms with van der Waals surface area (Å²) in [4.78, 5) is 13.0. The summed E-state index contributed by atoms with van der Waals surface area (Å²) in [7, 11) is 1.65. The number of aliphatic carboxylic acids is 1. The number of hydrogen-bond acceptors (Lipinski definition) is 3. The summed E-state index contributed by atoms with van der Waals surface area (Å²) in [5.41, 5.74) is 2.44. The zero-order valence-corrected chi connectivity index (χ0v) is 10.8. The fourth-order valence-electron chi connectivity index (χ4n) is 2.58. The fraction of sp³-hybridized carbons (Fsp3) is 0.500. The third-order valence-corrected chi connectivity index (χ3v) is 3.54. The van der Waals surface area contributed by atoms with Crippen molar-refractivity contribution in [3.05, 3.63) is 23.8 Å². The molecule has 1 N–H and O–H groups in total. The van der Waals surface area contributed by atoms with Crippen molar-refractivity contribution in [1.82, 2.24) is 0 Å². The highest BCUT2D eigenvalue weighted by atomic mass is 16.5.